The summed E-state index contributed by atoms with van der Waals surface area (Å²) in [5.41, 5.74) is 6.74. The SMILES string of the molecule is [N-]=[N+]=N[C@H]1C[C@H](n2cc(O)c(=O)[nH]c2=O)O[C@@H]1CO. The first-order chi connectivity index (χ1) is 9.06. The summed E-state index contributed by atoms with van der Waals surface area (Å²) in [6.45, 7) is -0.371. The van der Waals surface area contributed by atoms with Gasteiger partial charge in [0.1, 0.15) is 6.23 Å². The van der Waals surface area contributed by atoms with Gasteiger partial charge in [0, 0.05) is 11.3 Å². The maximum absolute atomic E-state index is 11.6. The first kappa shape index (κ1) is 13.1. The quantitative estimate of drug-likeness (QED) is 0.372. The lowest BCUT2D eigenvalue weighted by atomic mass is 10.1. The average Bonchev–Trinajstić information content (AvgIpc) is 2.77. The molecule has 3 N–H and O–H groups in total. The Kier molecular flexibility index (Phi) is 3.56. The summed E-state index contributed by atoms with van der Waals surface area (Å²) >= 11 is 0. The maximum Gasteiger partial charge on any atom is 0.330 e. The van der Waals surface area contributed by atoms with Gasteiger partial charge >= 0.3 is 5.69 Å². The first-order valence-corrected chi connectivity index (χ1v) is 5.41. The lowest BCUT2D eigenvalue weighted by molar-refractivity contribution is -0.0273. The Bertz CT molecular complexity index is 631. The number of hydrogen-bond donors (Lipinski definition) is 3. The highest BCUT2D eigenvalue weighted by Gasteiger charge is 2.35. The van der Waals surface area contributed by atoms with Crippen molar-refractivity contribution in [3.8, 4) is 5.75 Å². The van der Waals surface area contributed by atoms with Crippen LogP contribution in [0.25, 0.3) is 10.4 Å². The summed E-state index contributed by atoms with van der Waals surface area (Å²) in [5.74, 6) is -0.629. The molecule has 1 aromatic rings. The van der Waals surface area contributed by atoms with Gasteiger partial charge in [0.05, 0.1) is 24.9 Å². The third-order valence-electron chi connectivity index (χ3n) is 2.84. The van der Waals surface area contributed by atoms with E-state index >= 15 is 0 Å². The third-order valence-corrected chi connectivity index (χ3v) is 2.84. The van der Waals surface area contributed by atoms with Gasteiger partial charge < -0.3 is 14.9 Å². The van der Waals surface area contributed by atoms with Crippen LogP contribution >= 0.6 is 0 Å². The van der Waals surface area contributed by atoms with E-state index in [1.165, 1.54) is 0 Å². The summed E-state index contributed by atoms with van der Waals surface area (Å²) in [6, 6.07) is -0.624. The zero-order chi connectivity index (χ0) is 14.0. The van der Waals surface area contributed by atoms with Crippen LogP contribution in [0.1, 0.15) is 12.6 Å². The Balaban J connectivity index is 2.34. The second kappa shape index (κ2) is 5.14. The van der Waals surface area contributed by atoms with Gasteiger partial charge in [0.15, 0.2) is 5.75 Å². The van der Waals surface area contributed by atoms with Crippen LogP contribution in [0.15, 0.2) is 20.9 Å². The molecule has 1 aliphatic rings. The van der Waals surface area contributed by atoms with E-state index in [1.807, 2.05) is 4.98 Å². The molecule has 10 heteroatoms. The van der Waals surface area contributed by atoms with Crippen LogP contribution in [0.5, 0.6) is 5.75 Å². The largest absolute Gasteiger partial charge is 0.502 e. The number of hydrogen-bond acceptors (Lipinski definition) is 6. The molecular formula is C9H11N5O5. The van der Waals surface area contributed by atoms with Crippen LogP contribution < -0.4 is 11.2 Å². The minimum Gasteiger partial charge on any atom is -0.502 e. The van der Waals surface area contributed by atoms with Crippen LogP contribution in [-0.4, -0.2) is 38.5 Å². The smallest absolute Gasteiger partial charge is 0.330 e. The summed E-state index contributed by atoms with van der Waals surface area (Å²) < 4.78 is 6.33. The van der Waals surface area contributed by atoms with E-state index in [0.717, 1.165) is 10.8 Å². The normalized spacial score (nSPS) is 26.1. The van der Waals surface area contributed by atoms with Crippen molar-refractivity contribution < 1.29 is 14.9 Å². The molecule has 1 saturated heterocycles. The zero-order valence-electron chi connectivity index (χ0n) is 9.63. The molecule has 0 spiro atoms. The maximum atomic E-state index is 11.6. The predicted molar refractivity (Wildman–Crippen MR) is 61.5 cm³/mol. The monoisotopic (exact) mass is 269 g/mol. The van der Waals surface area contributed by atoms with Gasteiger partial charge in [-0.3, -0.25) is 14.3 Å². The fourth-order valence-corrected chi connectivity index (χ4v) is 1.93. The van der Waals surface area contributed by atoms with Crippen molar-refractivity contribution in [2.24, 2.45) is 5.11 Å². The molecular weight excluding hydrogens is 258 g/mol. The summed E-state index contributed by atoms with van der Waals surface area (Å²) in [4.78, 5) is 27.2. The Morgan fingerprint density at radius 1 is 1.63 bits per heavy atom. The van der Waals surface area contributed by atoms with Crippen LogP contribution in [0.3, 0.4) is 0 Å². The topological polar surface area (TPSA) is 153 Å². The highest BCUT2D eigenvalue weighted by atomic mass is 16.5. The Morgan fingerprint density at radius 3 is 3.00 bits per heavy atom. The molecule has 0 bridgehead atoms. The van der Waals surface area contributed by atoms with E-state index < -0.39 is 35.4 Å². The van der Waals surface area contributed by atoms with Crippen molar-refractivity contribution >= 4 is 0 Å². The zero-order valence-corrected chi connectivity index (χ0v) is 9.63. The molecule has 19 heavy (non-hydrogen) atoms. The minimum atomic E-state index is -0.899. The van der Waals surface area contributed by atoms with Crippen LogP contribution in [0.4, 0.5) is 0 Å². The van der Waals surface area contributed by atoms with Gasteiger partial charge in [-0.05, 0) is 5.53 Å². The second-order valence-corrected chi connectivity index (χ2v) is 4.00. The molecule has 0 aromatic carbocycles. The third kappa shape index (κ3) is 2.45. The van der Waals surface area contributed by atoms with Gasteiger partial charge in [-0.25, -0.2) is 4.79 Å². The fraction of sp³-hybridized carbons (Fsp3) is 0.556. The molecule has 10 nitrogen and oxygen atoms in total. The molecule has 0 saturated carbocycles. The minimum absolute atomic E-state index is 0.153. The number of aromatic hydroxyl groups is 1. The van der Waals surface area contributed by atoms with Gasteiger partial charge in [0.2, 0.25) is 0 Å². The Labute approximate surface area is 105 Å². The van der Waals surface area contributed by atoms with Gasteiger partial charge in [0.25, 0.3) is 5.56 Å². The molecule has 0 unspecified atom stereocenters. The standard InChI is InChI=1S/C9H11N5O5/c10-13-12-4-1-7(19-6(4)3-15)14-2-5(16)8(17)11-9(14)18/h2,4,6-7,15-16H,1,3H2,(H,11,17,18)/t4-,6+,7+/m0/s1. The van der Waals surface area contributed by atoms with Crippen molar-refractivity contribution in [2.75, 3.05) is 6.61 Å². The van der Waals surface area contributed by atoms with Crippen LogP contribution in [0, 0.1) is 0 Å². The van der Waals surface area contributed by atoms with Crippen LogP contribution in [0.2, 0.25) is 0 Å². The molecule has 2 heterocycles. The van der Waals surface area contributed by atoms with Crippen molar-refractivity contribution in [1.82, 2.24) is 9.55 Å². The summed E-state index contributed by atoms with van der Waals surface area (Å²) in [6.07, 6.45) is -0.468. The fourth-order valence-electron chi connectivity index (χ4n) is 1.93. The van der Waals surface area contributed by atoms with E-state index in [-0.39, 0.29) is 13.0 Å². The lowest BCUT2D eigenvalue weighted by Gasteiger charge is -2.14. The first-order valence-electron chi connectivity index (χ1n) is 5.41. The van der Waals surface area contributed by atoms with E-state index in [1.54, 1.807) is 0 Å². The predicted octanol–water partition coefficient (Wildman–Crippen LogP) is -0.799. The molecule has 1 fully saturated rings. The van der Waals surface area contributed by atoms with Crippen molar-refractivity contribution in [1.29, 1.82) is 0 Å². The Hall–Kier alpha value is -2.29. The number of ether oxygens (including phenoxy) is 1. The van der Waals surface area contributed by atoms with Gasteiger partial charge in [-0.1, -0.05) is 5.11 Å². The summed E-state index contributed by atoms with van der Waals surface area (Å²) in [5, 5.41) is 21.8. The highest BCUT2D eigenvalue weighted by Crippen LogP contribution is 2.29. The van der Waals surface area contributed by atoms with Gasteiger partial charge in [-0.2, -0.15) is 0 Å². The highest BCUT2D eigenvalue weighted by molar-refractivity contribution is 5.09. The number of aromatic nitrogens is 2. The molecule has 1 aliphatic heterocycles. The Morgan fingerprint density at radius 2 is 2.37 bits per heavy atom. The van der Waals surface area contributed by atoms with Crippen molar-refractivity contribution in [3.63, 3.8) is 0 Å². The molecule has 2 rings (SSSR count). The number of aliphatic hydroxyl groups is 1. The molecule has 0 aliphatic carbocycles. The van der Waals surface area contributed by atoms with Crippen molar-refractivity contribution in [3.05, 3.63) is 37.5 Å². The second-order valence-electron chi connectivity index (χ2n) is 4.00. The number of nitrogens with one attached hydrogen (secondary N) is 1. The van der Waals surface area contributed by atoms with Crippen LogP contribution in [-0.2, 0) is 4.74 Å². The average molecular weight is 269 g/mol. The van der Waals surface area contributed by atoms with E-state index in [9.17, 15) is 14.7 Å². The molecule has 1 aromatic heterocycles. The van der Waals surface area contributed by atoms with E-state index in [4.69, 9.17) is 15.4 Å². The van der Waals surface area contributed by atoms with E-state index in [0.29, 0.717) is 0 Å². The number of aromatic amines is 1. The molecule has 102 valence electrons. The lowest BCUT2D eigenvalue weighted by Crippen LogP contribution is -2.32. The number of rotatable bonds is 3. The summed E-state index contributed by atoms with van der Waals surface area (Å²) in [7, 11) is 0. The number of H-pyrrole nitrogens is 1. The number of aliphatic hydroxyl groups excluding tert-OH is 1. The number of nitrogens with zero attached hydrogens (tertiary/aromatic N) is 4. The van der Waals surface area contributed by atoms with Crippen molar-refractivity contribution in [2.45, 2.75) is 24.8 Å². The molecule has 0 radical (unpaired) electrons. The van der Waals surface area contributed by atoms with Gasteiger partial charge in [-0.15, -0.1) is 0 Å². The van der Waals surface area contributed by atoms with E-state index in [2.05, 4.69) is 10.0 Å². The molecule has 3 atom stereocenters. The number of azide groups is 1. The molecule has 0 amide bonds.